The molecule has 3 atom stereocenters. The predicted molar refractivity (Wildman–Crippen MR) is 129 cm³/mol. The van der Waals surface area contributed by atoms with Crippen LogP contribution in [0.4, 0.5) is 0 Å². The first-order valence-corrected chi connectivity index (χ1v) is 11.9. The Morgan fingerprint density at radius 1 is 1.35 bits per heavy atom. The summed E-state index contributed by atoms with van der Waals surface area (Å²) in [7, 11) is 1.65. The van der Waals surface area contributed by atoms with E-state index in [1.807, 2.05) is 44.2 Å². The second kappa shape index (κ2) is 10.9. The minimum absolute atomic E-state index is 0.0327. The van der Waals surface area contributed by atoms with Gasteiger partial charge in [-0.15, -0.1) is 18.3 Å². The van der Waals surface area contributed by atoms with Crippen molar-refractivity contribution in [2.75, 3.05) is 19.5 Å². The van der Waals surface area contributed by atoms with Gasteiger partial charge in [-0.2, -0.15) is 0 Å². The van der Waals surface area contributed by atoms with Crippen molar-refractivity contribution in [3.05, 3.63) is 66.6 Å². The van der Waals surface area contributed by atoms with Crippen molar-refractivity contribution >= 4 is 29.5 Å². The lowest BCUT2D eigenvalue weighted by Crippen LogP contribution is -2.58. The lowest BCUT2D eigenvalue weighted by molar-refractivity contribution is -0.150. The fourth-order valence-corrected chi connectivity index (χ4v) is 5.04. The van der Waals surface area contributed by atoms with Crippen molar-refractivity contribution in [2.24, 2.45) is 0 Å². The number of aromatic nitrogens is 1. The van der Waals surface area contributed by atoms with Gasteiger partial charge in [0.2, 0.25) is 11.7 Å². The summed E-state index contributed by atoms with van der Waals surface area (Å²) in [5.74, 6) is -1.24. The van der Waals surface area contributed by atoms with E-state index in [2.05, 4.69) is 17.1 Å². The van der Waals surface area contributed by atoms with Gasteiger partial charge in [0, 0.05) is 24.4 Å². The van der Waals surface area contributed by atoms with Crippen molar-refractivity contribution in [3.8, 4) is 0 Å². The average Bonchev–Trinajstić information content (AvgIpc) is 3.46. The molecule has 0 aliphatic carbocycles. The highest BCUT2D eigenvalue weighted by molar-refractivity contribution is 8.00. The van der Waals surface area contributed by atoms with E-state index in [-0.39, 0.29) is 24.0 Å². The first-order valence-electron chi connectivity index (χ1n) is 10.9. The quantitative estimate of drug-likeness (QED) is 0.518. The predicted octanol–water partition coefficient (Wildman–Crippen LogP) is 1.70. The number of thioether (sulfide) groups is 1. The molecule has 3 rings (SSSR count). The maximum atomic E-state index is 13.5. The number of aliphatic hydroxyl groups excluding tert-OH is 1. The van der Waals surface area contributed by atoms with Crippen LogP contribution in [0, 0.1) is 0 Å². The first kappa shape index (κ1) is 25.5. The number of nitrogens with one attached hydrogen (secondary N) is 1. The van der Waals surface area contributed by atoms with E-state index in [1.54, 1.807) is 13.1 Å². The molecule has 1 fully saturated rings. The summed E-state index contributed by atoms with van der Waals surface area (Å²) in [6, 6.07) is 8.88. The average molecular weight is 487 g/mol. The molecule has 1 aliphatic heterocycles. The van der Waals surface area contributed by atoms with Crippen LogP contribution in [-0.4, -0.2) is 80.2 Å². The van der Waals surface area contributed by atoms with Gasteiger partial charge in [-0.05, 0) is 25.8 Å². The molecule has 1 aromatic heterocycles. The van der Waals surface area contributed by atoms with Gasteiger partial charge >= 0.3 is 0 Å². The van der Waals surface area contributed by atoms with Gasteiger partial charge < -0.3 is 24.7 Å². The number of nitrogens with zero attached hydrogens (tertiary/aromatic N) is 3. The second-order valence-corrected chi connectivity index (χ2v) is 10.3. The normalized spacial score (nSPS) is 18.7. The summed E-state index contributed by atoms with van der Waals surface area (Å²) in [6.45, 7) is 7.80. The van der Waals surface area contributed by atoms with Crippen molar-refractivity contribution in [3.63, 3.8) is 0 Å². The molecular formula is C24H30N4O5S. The highest BCUT2D eigenvalue weighted by Gasteiger charge is 2.50. The summed E-state index contributed by atoms with van der Waals surface area (Å²) < 4.78 is 4.36. The zero-order chi connectivity index (χ0) is 24.9. The molecule has 2 heterocycles. The molecule has 3 unspecified atom stereocenters. The number of likely N-dealkylation sites (N-methyl/N-ethyl adjacent to an activating group) is 1. The highest BCUT2D eigenvalue weighted by Crippen LogP contribution is 2.40. The Hall–Kier alpha value is -3.11. The number of rotatable bonds is 9. The van der Waals surface area contributed by atoms with Gasteiger partial charge in [0.1, 0.15) is 6.04 Å². The Balaban J connectivity index is 1.85. The minimum atomic E-state index is -1.58. The lowest BCUT2D eigenvalue weighted by Gasteiger charge is -2.35. The van der Waals surface area contributed by atoms with Crippen LogP contribution < -0.4 is 5.32 Å². The van der Waals surface area contributed by atoms with Crippen LogP contribution in [0.5, 0.6) is 0 Å². The third-order valence-corrected chi connectivity index (χ3v) is 7.13. The van der Waals surface area contributed by atoms with E-state index in [0.29, 0.717) is 6.54 Å². The molecule has 0 saturated carbocycles. The van der Waals surface area contributed by atoms with Gasteiger partial charge in [0.25, 0.3) is 11.8 Å². The molecule has 0 spiro atoms. The summed E-state index contributed by atoms with van der Waals surface area (Å²) in [5, 5.41) is 17.4. The van der Waals surface area contributed by atoms with Crippen LogP contribution in [0.2, 0.25) is 0 Å². The van der Waals surface area contributed by atoms with Crippen molar-refractivity contribution in [2.45, 2.75) is 43.2 Å². The van der Waals surface area contributed by atoms with E-state index in [4.69, 9.17) is 4.52 Å². The Morgan fingerprint density at radius 3 is 2.68 bits per heavy atom. The van der Waals surface area contributed by atoms with Gasteiger partial charge in [0.05, 0.1) is 18.1 Å². The molecule has 2 aromatic rings. The van der Waals surface area contributed by atoms with E-state index in [9.17, 15) is 19.5 Å². The second-order valence-electron chi connectivity index (χ2n) is 8.69. The number of carbonyl (C=O) groups is 3. The molecule has 182 valence electrons. The van der Waals surface area contributed by atoms with E-state index >= 15 is 0 Å². The van der Waals surface area contributed by atoms with Crippen molar-refractivity contribution < 1.29 is 24.0 Å². The first-order chi connectivity index (χ1) is 16.2. The zero-order valence-electron chi connectivity index (χ0n) is 19.5. The largest absolute Gasteiger partial charge is 0.381 e. The number of carbonyl (C=O) groups excluding carboxylic acids is 3. The van der Waals surface area contributed by atoms with Crippen molar-refractivity contribution in [1.82, 2.24) is 20.3 Å². The molecular weight excluding hydrogens is 456 g/mol. The third kappa shape index (κ3) is 5.68. The summed E-state index contributed by atoms with van der Waals surface area (Å²) in [6.07, 6.45) is 1.57. The topological polar surface area (TPSA) is 116 Å². The van der Waals surface area contributed by atoms with E-state index in [1.165, 1.54) is 33.8 Å². The fraction of sp³-hybridized carbons (Fsp3) is 0.417. The maximum Gasteiger partial charge on any atom is 0.290 e. The highest BCUT2D eigenvalue weighted by atomic mass is 32.2. The van der Waals surface area contributed by atoms with Crippen molar-refractivity contribution in [1.29, 1.82) is 0 Å². The lowest BCUT2D eigenvalue weighted by atomic mass is 9.97. The molecule has 2 N–H and O–H groups in total. The maximum absolute atomic E-state index is 13.5. The molecule has 1 aliphatic rings. The Kier molecular flexibility index (Phi) is 8.16. The molecule has 34 heavy (non-hydrogen) atoms. The van der Waals surface area contributed by atoms with Gasteiger partial charge in [0.15, 0.2) is 6.10 Å². The molecule has 9 nitrogen and oxygen atoms in total. The zero-order valence-corrected chi connectivity index (χ0v) is 20.3. The van der Waals surface area contributed by atoms with E-state index < -0.39 is 34.7 Å². The molecule has 1 aromatic carbocycles. The Bertz CT molecular complexity index is 1010. The third-order valence-electron chi connectivity index (χ3n) is 5.75. The Morgan fingerprint density at radius 2 is 2.06 bits per heavy atom. The number of hydrogen-bond donors (Lipinski definition) is 2. The Labute approximate surface area is 203 Å². The number of amides is 3. The number of hydrogen-bond acceptors (Lipinski definition) is 7. The molecule has 0 radical (unpaired) electrons. The molecule has 10 heteroatoms. The molecule has 1 saturated heterocycles. The van der Waals surface area contributed by atoms with Gasteiger partial charge in [-0.25, -0.2) is 0 Å². The van der Waals surface area contributed by atoms with Crippen LogP contribution in [0.3, 0.4) is 0 Å². The van der Waals surface area contributed by atoms with Crippen LogP contribution >= 0.6 is 11.8 Å². The minimum Gasteiger partial charge on any atom is -0.381 e. The summed E-state index contributed by atoms with van der Waals surface area (Å²) in [4.78, 5) is 42.2. The van der Waals surface area contributed by atoms with Crippen LogP contribution in [0.15, 0.2) is 59.8 Å². The number of benzene rings is 1. The van der Waals surface area contributed by atoms with Gasteiger partial charge in [-0.3, -0.25) is 14.4 Å². The van der Waals surface area contributed by atoms with Crippen LogP contribution in [0.25, 0.3) is 0 Å². The van der Waals surface area contributed by atoms with Gasteiger partial charge in [-0.1, -0.05) is 41.6 Å². The SMILES string of the molecule is C=CCN(C)C(=O)C1N(C(=O)C(O)C(Cc2ccccc2)NC(=O)c2ccno2)CSC1(C)C. The van der Waals surface area contributed by atoms with Crippen LogP contribution in [0.1, 0.15) is 30.0 Å². The molecule has 3 amide bonds. The standard InChI is InChI=1S/C24H30N4O5S/c1-5-13-27(4)23(32)20-24(2,3)34-15-28(20)22(31)19(29)17(14-16-9-7-6-8-10-16)26-21(30)18-11-12-25-33-18/h5-12,17,19-20,29H,1,13-15H2,2-4H3,(H,26,30). The smallest absolute Gasteiger partial charge is 0.290 e. The monoisotopic (exact) mass is 486 g/mol. The fourth-order valence-electron chi connectivity index (χ4n) is 3.90. The summed E-state index contributed by atoms with van der Waals surface area (Å²) in [5.41, 5.74) is 0.826. The summed E-state index contributed by atoms with van der Waals surface area (Å²) >= 11 is 1.46. The van der Waals surface area contributed by atoms with E-state index in [0.717, 1.165) is 5.56 Å². The number of aliphatic hydroxyl groups is 1. The van der Waals surface area contributed by atoms with Crippen LogP contribution in [-0.2, 0) is 16.0 Å². The molecule has 0 bridgehead atoms.